The number of carbonyl (C=O) groups excluding carboxylic acids is 1. The zero-order valence-corrected chi connectivity index (χ0v) is 12.6. The second-order valence-corrected chi connectivity index (χ2v) is 5.40. The minimum absolute atomic E-state index is 0.154. The van der Waals surface area contributed by atoms with Gasteiger partial charge in [-0.15, -0.1) is 0 Å². The highest BCUT2D eigenvalue weighted by molar-refractivity contribution is 6.11. The molecule has 0 aliphatic heterocycles. The minimum Gasteiger partial charge on any atom is -0.288 e. The summed E-state index contributed by atoms with van der Waals surface area (Å²) in [5.74, 6) is -0.650. The van der Waals surface area contributed by atoms with Crippen LogP contribution in [0.2, 0.25) is 0 Å². The summed E-state index contributed by atoms with van der Waals surface area (Å²) in [5.41, 5.74) is 5.26. The molecule has 1 nitrogen and oxygen atoms in total. The van der Waals surface area contributed by atoms with Crippen LogP contribution in [0.1, 0.15) is 43.7 Å². The maximum atomic E-state index is 14.2. The molecule has 20 heavy (non-hydrogen) atoms. The van der Waals surface area contributed by atoms with Crippen LogP contribution in [0.15, 0.2) is 24.3 Å². The average Bonchev–Trinajstić information content (AvgIpc) is 2.40. The minimum atomic E-state index is -0.421. The fourth-order valence-electron chi connectivity index (χ4n) is 2.51. The van der Waals surface area contributed by atoms with Gasteiger partial charge in [-0.25, -0.2) is 4.39 Å². The number of aryl methyl sites for hydroxylation is 3. The van der Waals surface area contributed by atoms with Crippen LogP contribution in [0.25, 0.3) is 0 Å². The van der Waals surface area contributed by atoms with Crippen molar-refractivity contribution in [3.8, 4) is 0 Å². The first kappa shape index (κ1) is 14.4. The number of carbonyl (C=O) groups is 1. The molecule has 0 aliphatic rings. The summed E-state index contributed by atoms with van der Waals surface area (Å²) in [6, 6.07) is 7.02. The van der Waals surface area contributed by atoms with Crippen molar-refractivity contribution in [2.24, 2.45) is 0 Å². The molecule has 0 unspecified atom stereocenters. The van der Waals surface area contributed by atoms with Crippen LogP contribution in [0.4, 0.5) is 4.39 Å². The van der Waals surface area contributed by atoms with Crippen molar-refractivity contribution in [2.45, 2.75) is 34.6 Å². The first-order valence-electron chi connectivity index (χ1n) is 6.71. The molecule has 0 heterocycles. The summed E-state index contributed by atoms with van der Waals surface area (Å²) < 4.78 is 14.2. The molecule has 0 aromatic heterocycles. The van der Waals surface area contributed by atoms with Crippen LogP contribution >= 0.6 is 0 Å². The van der Waals surface area contributed by atoms with Gasteiger partial charge in [0.25, 0.3) is 0 Å². The predicted molar refractivity (Wildman–Crippen MR) is 80.0 cm³/mol. The molecule has 0 amide bonds. The largest absolute Gasteiger partial charge is 0.288 e. The fraction of sp³-hybridized carbons (Fsp3) is 0.278. The van der Waals surface area contributed by atoms with Gasteiger partial charge in [-0.05, 0) is 68.5 Å². The van der Waals surface area contributed by atoms with Crippen LogP contribution in [0.5, 0.6) is 0 Å². The third-order valence-corrected chi connectivity index (χ3v) is 4.03. The van der Waals surface area contributed by atoms with Gasteiger partial charge < -0.3 is 0 Å². The summed E-state index contributed by atoms with van der Waals surface area (Å²) >= 11 is 0. The molecule has 0 bridgehead atoms. The number of hydrogen-bond acceptors (Lipinski definition) is 1. The van der Waals surface area contributed by atoms with E-state index >= 15 is 0 Å². The molecule has 0 spiro atoms. The smallest absolute Gasteiger partial charge is 0.196 e. The van der Waals surface area contributed by atoms with E-state index in [1.54, 1.807) is 25.1 Å². The van der Waals surface area contributed by atoms with Crippen molar-refractivity contribution in [1.29, 1.82) is 0 Å². The van der Waals surface area contributed by atoms with Crippen molar-refractivity contribution >= 4 is 5.78 Å². The van der Waals surface area contributed by atoms with E-state index < -0.39 is 5.82 Å². The summed E-state index contributed by atoms with van der Waals surface area (Å²) in [5, 5.41) is 0. The maximum absolute atomic E-state index is 14.2. The Kier molecular flexibility index (Phi) is 3.76. The molecule has 2 rings (SSSR count). The second kappa shape index (κ2) is 5.20. The lowest BCUT2D eigenvalue weighted by Gasteiger charge is -2.15. The Morgan fingerprint density at radius 2 is 1.45 bits per heavy atom. The van der Waals surface area contributed by atoms with Crippen molar-refractivity contribution in [3.63, 3.8) is 0 Å². The van der Waals surface area contributed by atoms with E-state index in [2.05, 4.69) is 6.07 Å². The first-order chi connectivity index (χ1) is 9.34. The zero-order valence-electron chi connectivity index (χ0n) is 12.6. The van der Waals surface area contributed by atoms with Gasteiger partial charge in [0.1, 0.15) is 5.82 Å². The van der Waals surface area contributed by atoms with E-state index in [1.165, 1.54) is 0 Å². The topological polar surface area (TPSA) is 17.1 Å². The van der Waals surface area contributed by atoms with Gasteiger partial charge in [-0.2, -0.15) is 0 Å². The van der Waals surface area contributed by atoms with E-state index in [9.17, 15) is 9.18 Å². The van der Waals surface area contributed by atoms with Crippen molar-refractivity contribution < 1.29 is 9.18 Å². The molecule has 0 atom stereocenters. The molecule has 0 fully saturated rings. The summed E-state index contributed by atoms with van der Waals surface area (Å²) in [6.07, 6.45) is 0. The molecule has 0 N–H and O–H groups in total. The van der Waals surface area contributed by atoms with Gasteiger partial charge in [0.15, 0.2) is 5.78 Å². The monoisotopic (exact) mass is 270 g/mol. The Balaban J connectivity index is 2.69. The summed E-state index contributed by atoms with van der Waals surface area (Å²) in [4.78, 5) is 12.7. The van der Waals surface area contributed by atoms with E-state index in [0.717, 1.165) is 22.3 Å². The van der Waals surface area contributed by atoms with Gasteiger partial charge in [0, 0.05) is 5.56 Å². The lowest BCUT2D eigenvalue weighted by atomic mass is 9.89. The van der Waals surface area contributed by atoms with E-state index in [4.69, 9.17) is 0 Å². The van der Waals surface area contributed by atoms with Crippen LogP contribution in [-0.4, -0.2) is 5.78 Å². The Morgan fingerprint density at radius 3 is 2.00 bits per heavy atom. The van der Waals surface area contributed by atoms with Crippen LogP contribution in [0.3, 0.4) is 0 Å². The van der Waals surface area contributed by atoms with E-state index in [-0.39, 0.29) is 11.3 Å². The Bertz CT molecular complexity index is 673. The molecule has 0 saturated heterocycles. The van der Waals surface area contributed by atoms with Crippen molar-refractivity contribution in [2.75, 3.05) is 0 Å². The molecule has 104 valence electrons. The van der Waals surface area contributed by atoms with E-state index in [1.807, 2.05) is 27.7 Å². The molecule has 0 saturated carbocycles. The normalized spacial score (nSPS) is 10.7. The second-order valence-electron chi connectivity index (χ2n) is 5.40. The third kappa shape index (κ3) is 2.26. The highest BCUT2D eigenvalue weighted by atomic mass is 19.1. The van der Waals surface area contributed by atoms with Crippen molar-refractivity contribution in [1.82, 2.24) is 0 Å². The van der Waals surface area contributed by atoms with Crippen LogP contribution in [0, 0.1) is 40.4 Å². The highest BCUT2D eigenvalue weighted by Crippen LogP contribution is 2.25. The molecular formula is C18H19FO. The number of hydrogen-bond donors (Lipinski definition) is 0. The molecule has 2 aromatic carbocycles. The van der Waals surface area contributed by atoms with E-state index in [0.29, 0.717) is 11.1 Å². The summed E-state index contributed by atoms with van der Waals surface area (Å²) in [6.45, 7) is 9.47. The first-order valence-corrected chi connectivity index (χ1v) is 6.71. The number of ketones is 1. The SMILES string of the molecule is Cc1cc(C)c(C)c(C(=O)c2cccc(C)c2F)c1C. The van der Waals surface area contributed by atoms with Gasteiger partial charge >= 0.3 is 0 Å². The van der Waals surface area contributed by atoms with Gasteiger partial charge in [-0.3, -0.25) is 4.79 Å². The van der Waals surface area contributed by atoms with Gasteiger partial charge in [0.2, 0.25) is 0 Å². The number of benzene rings is 2. The number of halogens is 1. The molecule has 2 aromatic rings. The Labute approximate surface area is 119 Å². The molecule has 0 aliphatic carbocycles. The molecular weight excluding hydrogens is 251 g/mol. The Hall–Kier alpha value is -1.96. The maximum Gasteiger partial charge on any atom is 0.196 e. The third-order valence-electron chi connectivity index (χ3n) is 4.03. The van der Waals surface area contributed by atoms with Gasteiger partial charge in [0.05, 0.1) is 5.56 Å². The van der Waals surface area contributed by atoms with Crippen LogP contribution in [-0.2, 0) is 0 Å². The quantitative estimate of drug-likeness (QED) is 0.729. The Morgan fingerprint density at radius 1 is 0.900 bits per heavy atom. The standard InChI is InChI=1S/C18H19FO/c1-10-7-6-8-15(17(10)19)18(20)16-13(4)11(2)9-12(3)14(16)5/h6-9H,1-5H3. The number of rotatable bonds is 2. The lowest BCUT2D eigenvalue weighted by Crippen LogP contribution is -2.11. The molecule has 0 radical (unpaired) electrons. The van der Waals surface area contributed by atoms with Crippen LogP contribution < -0.4 is 0 Å². The van der Waals surface area contributed by atoms with Gasteiger partial charge in [-0.1, -0.05) is 18.2 Å². The predicted octanol–water partition coefficient (Wildman–Crippen LogP) is 4.60. The summed E-state index contributed by atoms with van der Waals surface area (Å²) in [7, 11) is 0. The zero-order chi connectivity index (χ0) is 15.0. The fourth-order valence-corrected chi connectivity index (χ4v) is 2.51. The lowest BCUT2D eigenvalue weighted by molar-refractivity contribution is 0.103. The highest BCUT2D eigenvalue weighted by Gasteiger charge is 2.20. The molecule has 2 heteroatoms. The van der Waals surface area contributed by atoms with Crippen molar-refractivity contribution in [3.05, 3.63) is 69.0 Å². The average molecular weight is 270 g/mol.